The molecule has 1 aliphatic rings. The van der Waals surface area contributed by atoms with Crippen molar-refractivity contribution < 1.29 is 9.50 Å². The molecule has 0 saturated heterocycles. The summed E-state index contributed by atoms with van der Waals surface area (Å²) in [5.74, 6) is 0.230. The van der Waals surface area contributed by atoms with E-state index in [1.165, 1.54) is 12.1 Å². The van der Waals surface area contributed by atoms with E-state index in [0.29, 0.717) is 12.5 Å². The number of halogens is 1. The van der Waals surface area contributed by atoms with Crippen LogP contribution < -0.4 is 0 Å². The first kappa shape index (κ1) is 11.5. The Hall–Kier alpha value is -1.61. The van der Waals surface area contributed by atoms with Crippen LogP contribution in [0.5, 0.6) is 0 Å². The van der Waals surface area contributed by atoms with E-state index in [0.717, 1.165) is 24.0 Å². The predicted molar refractivity (Wildman–Crippen MR) is 67.6 cm³/mol. The minimum atomic E-state index is -0.334. The molecular formula is C15H16FNO. The van der Waals surface area contributed by atoms with Crippen molar-refractivity contribution in [2.75, 3.05) is 0 Å². The zero-order chi connectivity index (χ0) is 12.5. The number of hydrogen-bond acceptors (Lipinski definition) is 1. The Kier molecular flexibility index (Phi) is 2.92. The van der Waals surface area contributed by atoms with Gasteiger partial charge in [0.2, 0.25) is 0 Å². The summed E-state index contributed by atoms with van der Waals surface area (Å²) >= 11 is 0. The summed E-state index contributed by atoms with van der Waals surface area (Å²) in [7, 11) is 0. The van der Waals surface area contributed by atoms with E-state index in [-0.39, 0.29) is 11.9 Å². The summed E-state index contributed by atoms with van der Waals surface area (Å²) in [6.45, 7) is 0.634. The second-order valence-electron chi connectivity index (χ2n) is 5.03. The van der Waals surface area contributed by atoms with Crippen LogP contribution >= 0.6 is 0 Å². The first-order valence-electron chi connectivity index (χ1n) is 6.30. The van der Waals surface area contributed by atoms with Crippen molar-refractivity contribution in [3.63, 3.8) is 0 Å². The van der Waals surface area contributed by atoms with E-state index >= 15 is 0 Å². The summed E-state index contributed by atoms with van der Waals surface area (Å²) in [5, 5.41) is 10.0. The summed E-state index contributed by atoms with van der Waals surface area (Å²) in [4.78, 5) is 0. The molecule has 1 atom stereocenters. The topological polar surface area (TPSA) is 25.2 Å². The quantitative estimate of drug-likeness (QED) is 0.879. The fraction of sp³-hybridized carbons (Fsp3) is 0.333. The van der Waals surface area contributed by atoms with Crippen LogP contribution in [-0.4, -0.2) is 9.67 Å². The summed E-state index contributed by atoms with van der Waals surface area (Å²) in [6, 6.07) is 8.55. The van der Waals surface area contributed by atoms with Crippen LogP contribution in [0.15, 0.2) is 42.7 Å². The van der Waals surface area contributed by atoms with Crippen LogP contribution in [0, 0.1) is 11.7 Å². The van der Waals surface area contributed by atoms with Crippen molar-refractivity contribution >= 4 is 0 Å². The van der Waals surface area contributed by atoms with Crippen LogP contribution in [-0.2, 0) is 6.54 Å². The number of nitrogens with zero attached hydrogens (tertiary/aromatic N) is 1. The van der Waals surface area contributed by atoms with Crippen molar-refractivity contribution in [3.8, 4) is 0 Å². The second-order valence-corrected chi connectivity index (χ2v) is 5.03. The van der Waals surface area contributed by atoms with Gasteiger partial charge in [-0.3, -0.25) is 0 Å². The number of hydrogen-bond donors (Lipinski definition) is 1. The van der Waals surface area contributed by atoms with Gasteiger partial charge in [0.1, 0.15) is 5.82 Å². The molecule has 1 aromatic carbocycles. The molecule has 0 amide bonds. The van der Waals surface area contributed by atoms with Gasteiger partial charge in [0.05, 0.1) is 6.10 Å². The summed E-state index contributed by atoms with van der Waals surface area (Å²) < 4.78 is 15.1. The number of aromatic nitrogens is 1. The lowest BCUT2D eigenvalue weighted by molar-refractivity contribution is 0.154. The van der Waals surface area contributed by atoms with Crippen molar-refractivity contribution in [1.29, 1.82) is 0 Å². The molecule has 3 heteroatoms. The first-order valence-corrected chi connectivity index (χ1v) is 6.30. The minimum absolute atomic E-state index is 0.210. The van der Waals surface area contributed by atoms with Gasteiger partial charge in [-0.05, 0) is 48.1 Å². The van der Waals surface area contributed by atoms with E-state index in [1.54, 1.807) is 6.07 Å². The Morgan fingerprint density at radius 1 is 1.33 bits per heavy atom. The third kappa shape index (κ3) is 2.46. The zero-order valence-electron chi connectivity index (χ0n) is 10.1. The highest BCUT2D eigenvalue weighted by molar-refractivity contribution is 5.20. The smallest absolute Gasteiger partial charge is 0.123 e. The SMILES string of the molecule is OC(c1ccn(Cc2cccc(F)c2)c1)C1CC1. The molecule has 1 saturated carbocycles. The van der Waals surface area contributed by atoms with Gasteiger partial charge >= 0.3 is 0 Å². The minimum Gasteiger partial charge on any atom is -0.388 e. The number of aliphatic hydroxyl groups excluding tert-OH is 1. The summed E-state index contributed by atoms with van der Waals surface area (Å²) in [5.41, 5.74) is 1.90. The molecule has 0 aliphatic heterocycles. The Bertz CT molecular complexity index is 545. The van der Waals surface area contributed by atoms with E-state index in [4.69, 9.17) is 0 Å². The van der Waals surface area contributed by atoms with Crippen LogP contribution in [0.2, 0.25) is 0 Å². The first-order chi connectivity index (χ1) is 8.72. The molecule has 1 heterocycles. The lowest BCUT2D eigenvalue weighted by atomic mass is 10.1. The molecule has 18 heavy (non-hydrogen) atoms. The molecule has 1 unspecified atom stereocenters. The Morgan fingerprint density at radius 2 is 2.17 bits per heavy atom. The molecule has 0 spiro atoms. The van der Waals surface area contributed by atoms with Gasteiger partial charge in [-0.15, -0.1) is 0 Å². The van der Waals surface area contributed by atoms with Crippen molar-refractivity contribution in [2.45, 2.75) is 25.5 Å². The fourth-order valence-electron chi connectivity index (χ4n) is 2.26. The van der Waals surface area contributed by atoms with Gasteiger partial charge in [0.25, 0.3) is 0 Å². The Labute approximate surface area is 106 Å². The third-order valence-corrected chi connectivity index (χ3v) is 3.44. The largest absolute Gasteiger partial charge is 0.388 e. The maximum Gasteiger partial charge on any atom is 0.123 e. The average molecular weight is 245 g/mol. The number of benzene rings is 1. The maximum absolute atomic E-state index is 13.1. The highest BCUT2D eigenvalue weighted by Gasteiger charge is 2.31. The zero-order valence-corrected chi connectivity index (χ0v) is 10.1. The second kappa shape index (κ2) is 4.58. The van der Waals surface area contributed by atoms with E-state index in [9.17, 15) is 9.50 Å². The molecule has 1 N–H and O–H groups in total. The lowest BCUT2D eigenvalue weighted by Gasteiger charge is -2.06. The fourth-order valence-corrected chi connectivity index (χ4v) is 2.26. The van der Waals surface area contributed by atoms with Crippen LogP contribution in [0.4, 0.5) is 4.39 Å². The van der Waals surface area contributed by atoms with E-state index in [2.05, 4.69) is 0 Å². The van der Waals surface area contributed by atoms with Crippen molar-refractivity contribution in [2.24, 2.45) is 5.92 Å². The lowest BCUT2D eigenvalue weighted by Crippen LogP contribution is -1.99. The van der Waals surface area contributed by atoms with Crippen LogP contribution in [0.25, 0.3) is 0 Å². The normalized spacial score (nSPS) is 16.8. The van der Waals surface area contributed by atoms with Crippen LogP contribution in [0.1, 0.15) is 30.1 Å². The Morgan fingerprint density at radius 3 is 2.89 bits per heavy atom. The molecular weight excluding hydrogens is 229 g/mol. The van der Waals surface area contributed by atoms with Gasteiger partial charge in [0, 0.05) is 18.9 Å². The van der Waals surface area contributed by atoms with E-state index < -0.39 is 0 Å². The molecule has 2 aromatic rings. The highest BCUT2D eigenvalue weighted by Crippen LogP contribution is 2.40. The van der Waals surface area contributed by atoms with E-state index in [1.807, 2.05) is 29.1 Å². The van der Waals surface area contributed by atoms with Crippen LogP contribution in [0.3, 0.4) is 0 Å². The third-order valence-electron chi connectivity index (χ3n) is 3.44. The molecule has 2 nitrogen and oxygen atoms in total. The van der Waals surface area contributed by atoms with Gasteiger partial charge in [-0.25, -0.2) is 4.39 Å². The standard InChI is InChI=1S/C15H16FNO/c16-14-3-1-2-11(8-14)9-17-7-6-13(10-17)15(18)12-4-5-12/h1-3,6-8,10,12,15,18H,4-5,9H2. The van der Waals surface area contributed by atoms with Crippen molar-refractivity contribution in [1.82, 2.24) is 4.57 Å². The molecule has 0 bridgehead atoms. The van der Waals surface area contributed by atoms with Gasteiger partial charge < -0.3 is 9.67 Å². The monoisotopic (exact) mass is 245 g/mol. The number of rotatable bonds is 4. The molecule has 1 aliphatic carbocycles. The Balaban J connectivity index is 1.73. The van der Waals surface area contributed by atoms with Gasteiger partial charge in [-0.1, -0.05) is 12.1 Å². The summed E-state index contributed by atoms with van der Waals surface area (Å²) in [6.07, 6.45) is 5.80. The molecule has 94 valence electrons. The highest BCUT2D eigenvalue weighted by atomic mass is 19.1. The van der Waals surface area contributed by atoms with Gasteiger partial charge in [-0.2, -0.15) is 0 Å². The van der Waals surface area contributed by atoms with Gasteiger partial charge in [0.15, 0.2) is 0 Å². The predicted octanol–water partition coefficient (Wildman–Crippen LogP) is 3.12. The molecule has 1 aromatic heterocycles. The van der Waals surface area contributed by atoms with Crippen molar-refractivity contribution in [3.05, 3.63) is 59.7 Å². The molecule has 3 rings (SSSR count). The molecule has 1 fully saturated rings. The number of aliphatic hydroxyl groups is 1. The average Bonchev–Trinajstić information content (AvgIpc) is 3.09. The maximum atomic E-state index is 13.1. The molecule has 0 radical (unpaired) electrons.